The lowest BCUT2D eigenvalue weighted by atomic mass is 10.1. The summed E-state index contributed by atoms with van der Waals surface area (Å²) in [5.74, 6) is 1.24. The van der Waals surface area contributed by atoms with E-state index in [1.54, 1.807) is 13.2 Å². The molecule has 1 aliphatic heterocycles. The Morgan fingerprint density at radius 2 is 2.12 bits per heavy atom. The predicted octanol–water partition coefficient (Wildman–Crippen LogP) is 3.94. The number of methoxy groups -OCH3 is 1. The molecule has 1 N–H and O–H groups in total. The first kappa shape index (κ1) is 16.6. The third-order valence-corrected chi connectivity index (χ3v) is 4.65. The van der Waals surface area contributed by atoms with Crippen LogP contribution in [0.3, 0.4) is 0 Å². The van der Waals surface area contributed by atoms with Gasteiger partial charge in [0.1, 0.15) is 0 Å². The highest BCUT2D eigenvalue weighted by molar-refractivity contribution is 7.14. The van der Waals surface area contributed by atoms with Crippen molar-refractivity contribution in [3.8, 4) is 22.8 Å². The number of aromatic nitrogens is 1. The highest BCUT2D eigenvalue weighted by Crippen LogP contribution is 2.36. The molecular formula is C19H16N2O4S. The van der Waals surface area contributed by atoms with Crippen molar-refractivity contribution >= 4 is 22.4 Å². The van der Waals surface area contributed by atoms with Gasteiger partial charge in [-0.1, -0.05) is 12.1 Å². The van der Waals surface area contributed by atoms with Crippen LogP contribution in [0.1, 0.15) is 15.9 Å². The number of rotatable bonds is 5. The summed E-state index contributed by atoms with van der Waals surface area (Å²) in [5.41, 5.74) is 3.20. The van der Waals surface area contributed by atoms with Gasteiger partial charge < -0.3 is 14.2 Å². The zero-order valence-corrected chi connectivity index (χ0v) is 14.8. The van der Waals surface area contributed by atoms with Crippen LogP contribution in [0.5, 0.6) is 11.5 Å². The molecule has 1 amide bonds. The van der Waals surface area contributed by atoms with Crippen LogP contribution >= 0.6 is 11.3 Å². The van der Waals surface area contributed by atoms with Crippen molar-refractivity contribution in [1.82, 2.24) is 4.98 Å². The highest BCUT2D eigenvalue weighted by atomic mass is 32.1. The fourth-order valence-corrected chi connectivity index (χ4v) is 3.37. The van der Waals surface area contributed by atoms with E-state index in [1.807, 2.05) is 41.8 Å². The van der Waals surface area contributed by atoms with E-state index in [-0.39, 0.29) is 12.7 Å². The minimum Gasteiger partial charge on any atom is -0.454 e. The van der Waals surface area contributed by atoms with Gasteiger partial charge in [0.2, 0.25) is 6.79 Å². The Hall–Kier alpha value is -2.90. The summed E-state index contributed by atoms with van der Waals surface area (Å²) in [6, 6.07) is 13.0. The summed E-state index contributed by atoms with van der Waals surface area (Å²) in [5, 5.41) is 5.28. The van der Waals surface area contributed by atoms with Crippen LogP contribution in [-0.2, 0) is 11.3 Å². The summed E-state index contributed by atoms with van der Waals surface area (Å²) in [6.07, 6.45) is 0. The highest BCUT2D eigenvalue weighted by Gasteiger charge is 2.16. The lowest BCUT2D eigenvalue weighted by Gasteiger charge is -2.04. The molecule has 26 heavy (non-hydrogen) atoms. The molecule has 132 valence electrons. The number of anilines is 1. The van der Waals surface area contributed by atoms with Gasteiger partial charge >= 0.3 is 0 Å². The minimum atomic E-state index is -0.200. The van der Waals surface area contributed by atoms with Gasteiger partial charge in [0.25, 0.3) is 5.91 Å². The number of nitrogens with zero attached hydrogens (tertiary/aromatic N) is 1. The van der Waals surface area contributed by atoms with Gasteiger partial charge in [0.15, 0.2) is 16.6 Å². The monoisotopic (exact) mass is 368 g/mol. The lowest BCUT2D eigenvalue weighted by molar-refractivity contribution is 0.102. The van der Waals surface area contributed by atoms with Crippen LogP contribution < -0.4 is 14.8 Å². The number of ether oxygens (including phenoxy) is 3. The molecule has 0 aliphatic carbocycles. The maximum Gasteiger partial charge on any atom is 0.257 e. The largest absolute Gasteiger partial charge is 0.454 e. The Morgan fingerprint density at radius 1 is 1.23 bits per heavy atom. The second-order valence-corrected chi connectivity index (χ2v) is 6.55. The Kier molecular flexibility index (Phi) is 4.55. The molecule has 0 spiro atoms. The maximum absolute atomic E-state index is 12.4. The van der Waals surface area contributed by atoms with Crippen molar-refractivity contribution in [2.45, 2.75) is 6.61 Å². The number of carbonyl (C=O) groups is 1. The van der Waals surface area contributed by atoms with Crippen LogP contribution in [0.15, 0.2) is 47.8 Å². The normalized spacial score (nSPS) is 12.2. The molecule has 2 heterocycles. The fourth-order valence-electron chi connectivity index (χ4n) is 2.66. The summed E-state index contributed by atoms with van der Waals surface area (Å²) in [7, 11) is 1.62. The molecule has 0 bridgehead atoms. The number of hydrogen-bond acceptors (Lipinski definition) is 6. The van der Waals surface area contributed by atoms with E-state index < -0.39 is 0 Å². The van der Waals surface area contributed by atoms with Gasteiger partial charge in [-0.2, -0.15) is 0 Å². The molecule has 0 unspecified atom stereocenters. The summed E-state index contributed by atoms with van der Waals surface area (Å²) < 4.78 is 15.8. The zero-order chi connectivity index (χ0) is 17.9. The number of benzene rings is 2. The van der Waals surface area contributed by atoms with Gasteiger partial charge in [-0.15, -0.1) is 11.3 Å². The minimum absolute atomic E-state index is 0.200. The second-order valence-electron chi connectivity index (χ2n) is 5.69. The van der Waals surface area contributed by atoms with Gasteiger partial charge in [-0.05, 0) is 35.9 Å². The first-order valence-corrected chi connectivity index (χ1v) is 8.85. The topological polar surface area (TPSA) is 69.7 Å². The van der Waals surface area contributed by atoms with Gasteiger partial charge in [-0.3, -0.25) is 10.1 Å². The molecule has 7 heteroatoms. The second kappa shape index (κ2) is 7.15. The van der Waals surface area contributed by atoms with E-state index >= 15 is 0 Å². The molecule has 0 atom stereocenters. The van der Waals surface area contributed by atoms with Crippen molar-refractivity contribution in [3.63, 3.8) is 0 Å². The smallest absolute Gasteiger partial charge is 0.257 e. The molecule has 6 nitrogen and oxygen atoms in total. The predicted molar refractivity (Wildman–Crippen MR) is 98.8 cm³/mol. The van der Waals surface area contributed by atoms with E-state index in [9.17, 15) is 4.79 Å². The summed E-state index contributed by atoms with van der Waals surface area (Å²) >= 11 is 1.38. The first-order chi connectivity index (χ1) is 12.7. The van der Waals surface area contributed by atoms with Crippen LogP contribution in [-0.4, -0.2) is 24.8 Å². The van der Waals surface area contributed by atoms with Crippen molar-refractivity contribution in [2.24, 2.45) is 0 Å². The average molecular weight is 368 g/mol. The van der Waals surface area contributed by atoms with Crippen molar-refractivity contribution in [1.29, 1.82) is 0 Å². The quantitative estimate of drug-likeness (QED) is 0.739. The number of amides is 1. The maximum atomic E-state index is 12.4. The van der Waals surface area contributed by atoms with E-state index in [0.29, 0.717) is 23.1 Å². The van der Waals surface area contributed by atoms with Crippen LogP contribution in [0.25, 0.3) is 11.3 Å². The first-order valence-electron chi connectivity index (χ1n) is 7.98. The SMILES string of the molecule is COCc1cccc(C(=O)Nc2nc(-c3ccc4c(c3)OCO4)cs2)c1. The molecular weight excluding hydrogens is 352 g/mol. The average Bonchev–Trinajstić information content (AvgIpc) is 3.30. The molecule has 1 aliphatic rings. The van der Waals surface area contributed by atoms with Crippen LogP contribution in [0.4, 0.5) is 5.13 Å². The Labute approximate surface area is 154 Å². The number of thiazole rings is 1. The molecule has 0 radical (unpaired) electrons. The van der Waals surface area contributed by atoms with E-state index in [4.69, 9.17) is 14.2 Å². The molecule has 0 fully saturated rings. The summed E-state index contributed by atoms with van der Waals surface area (Å²) in [4.78, 5) is 16.9. The molecule has 0 saturated carbocycles. The number of fused-ring (bicyclic) bond motifs is 1. The van der Waals surface area contributed by atoms with Crippen LogP contribution in [0, 0.1) is 0 Å². The van der Waals surface area contributed by atoms with E-state index in [0.717, 1.165) is 22.6 Å². The van der Waals surface area contributed by atoms with Gasteiger partial charge in [0, 0.05) is 23.6 Å². The van der Waals surface area contributed by atoms with Crippen LogP contribution in [0.2, 0.25) is 0 Å². The number of carbonyl (C=O) groups excluding carboxylic acids is 1. The molecule has 0 saturated heterocycles. The van der Waals surface area contributed by atoms with Crippen molar-refractivity contribution in [2.75, 3.05) is 19.2 Å². The molecule has 3 aromatic rings. The van der Waals surface area contributed by atoms with Crippen molar-refractivity contribution < 1.29 is 19.0 Å². The fraction of sp³-hybridized carbons (Fsp3) is 0.158. The van der Waals surface area contributed by atoms with E-state index in [1.165, 1.54) is 11.3 Å². The third kappa shape index (κ3) is 3.40. The zero-order valence-electron chi connectivity index (χ0n) is 14.0. The third-order valence-electron chi connectivity index (χ3n) is 3.89. The number of nitrogens with one attached hydrogen (secondary N) is 1. The Morgan fingerprint density at radius 3 is 3.00 bits per heavy atom. The standard InChI is InChI=1S/C19H16N2O4S/c1-23-9-12-3-2-4-14(7-12)18(22)21-19-20-15(10-26-19)13-5-6-16-17(8-13)25-11-24-16/h2-8,10H,9,11H2,1H3,(H,20,21,22). The lowest BCUT2D eigenvalue weighted by Crippen LogP contribution is -2.12. The Bertz CT molecular complexity index is 954. The molecule has 2 aromatic carbocycles. The summed E-state index contributed by atoms with van der Waals surface area (Å²) in [6.45, 7) is 0.700. The Balaban J connectivity index is 1.50. The molecule has 4 rings (SSSR count). The molecule has 1 aromatic heterocycles. The van der Waals surface area contributed by atoms with Gasteiger partial charge in [-0.25, -0.2) is 4.98 Å². The van der Waals surface area contributed by atoms with E-state index in [2.05, 4.69) is 10.3 Å². The van der Waals surface area contributed by atoms with Crippen molar-refractivity contribution in [3.05, 3.63) is 59.0 Å². The number of hydrogen-bond donors (Lipinski definition) is 1. The van der Waals surface area contributed by atoms with Gasteiger partial charge in [0.05, 0.1) is 12.3 Å².